The van der Waals surface area contributed by atoms with E-state index in [4.69, 9.17) is 0 Å². The third-order valence-electron chi connectivity index (χ3n) is 8.20. The highest BCUT2D eigenvalue weighted by molar-refractivity contribution is 5.85. The third kappa shape index (κ3) is 12.2. The Morgan fingerprint density at radius 2 is 0.549 bits per heavy atom. The molecule has 0 rings (SSSR count). The van der Waals surface area contributed by atoms with E-state index >= 15 is 8.78 Å². The highest BCUT2D eigenvalue weighted by atomic mass is 19.5. The minimum Gasteiger partial charge on any atom is -0.378 e. The van der Waals surface area contributed by atoms with E-state index in [0.717, 1.165) is 0 Å². The second-order valence-corrected chi connectivity index (χ2v) is 14.3. The van der Waals surface area contributed by atoms with Crippen LogP contribution in [0.5, 0.6) is 0 Å². The molecule has 0 fully saturated rings. The molecule has 0 aromatic carbocycles. The molecule has 0 aliphatic heterocycles. The van der Waals surface area contributed by atoms with Crippen LogP contribution >= 0.6 is 0 Å². The van der Waals surface area contributed by atoms with Crippen molar-refractivity contribution in [1.29, 1.82) is 0 Å². The number of ether oxygens (including phenoxy) is 5. The summed E-state index contributed by atoms with van der Waals surface area (Å²) in [6, 6.07) is 0. The Morgan fingerprint density at radius 1 is 0.324 bits per heavy atom. The van der Waals surface area contributed by atoms with Crippen LogP contribution in [0.15, 0.2) is 0 Å². The summed E-state index contributed by atoms with van der Waals surface area (Å²) in [6.45, 7) is -11.2. The standard InChI is InChI=1S/C28H22F34N2O7/c1-11(2,15(31,32)19(39,25(53,54)55)70-27(59,60)17(35,36)23(47,48)49)68-13(29,21(41,42)43)9(65)63-5-7-67-8-6-64-10(66)14(30,22(44,45)46)69-12(3,4)16(33,34)20(40,26(56,57)58)71-28(61,62)18(37,38)24(50,51)52/h5-8H2,1-4H3,(H,63,65)(H,64,66). The van der Waals surface area contributed by atoms with Crippen LogP contribution in [0.2, 0.25) is 0 Å². The van der Waals surface area contributed by atoms with Crippen molar-refractivity contribution in [2.45, 2.75) is 135 Å². The lowest BCUT2D eigenvalue weighted by atomic mass is 9.91. The lowest BCUT2D eigenvalue weighted by Gasteiger charge is -2.46. The van der Waals surface area contributed by atoms with Gasteiger partial charge < -0.3 is 24.8 Å². The quantitative estimate of drug-likeness (QED) is 0.0822. The van der Waals surface area contributed by atoms with Gasteiger partial charge >= 0.3 is 96.4 Å². The minimum absolute atomic E-state index is 0.611. The van der Waals surface area contributed by atoms with Crippen molar-refractivity contribution in [2.75, 3.05) is 26.3 Å². The molecule has 0 saturated heterocycles. The van der Waals surface area contributed by atoms with E-state index in [2.05, 4.69) is 14.2 Å². The van der Waals surface area contributed by atoms with Gasteiger partial charge in [-0.05, 0) is 27.7 Å². The normalized spacial score (nSPS) is 18.8. The number of alkyl halides is 34. The van der Waals surface area contributed by atoms with Crippen LogP contribution in [0.3, 0.4) is 0 Å². The zero-order valence-electron chi connectivity index (χ0n) is 33.5. The number of hydrogen-bond donors (Lipinski definition) is 2. The van der Waals surface area contributed by atoms with Crippen LogP contribution in [0.1, 0.15) is 27.7 Å². The molecule has 71 heavy (non-hydrogen) atoms. The van der Waals surface area contributed by atoms with Gasteiger partial charge in [-0.3, -0.25) is 19.1 Å². The molecule has 2 N–H and O–H groups in total. The Kier molecular flexibility index (Phi) is 18.3. The van der Waals surface area contributed by atoms with Crippen molar-refractivity contribution in [3.05, 3.63) is 0 Å². The van der Waals surface area contributed by atoms with Crippen molar-refractivity contribution >= 4 is 11.8 Å². The summed E-state index contributed by atoms with van der Waals surface area (Å²) < 4.78 is 475. The molecule has 0 spiro atoms. The van der Waals surface area contributed by atoms with Gasteiger partial charge in [-0.1, -0.05) is 0 Å². The summed E-state index contributed by atoms with van der Waals surface area (Å²) >= 11 is 0. The zero-order valence-corrected chi connectivity index (χ0v) is 33.5. The van der Waals surface area contributed by atoms with Gasteiger partial charge in [0, 0.05) is 13.1 Å². The highest BCUT2D eigenvalue weighted by Gasteiger charge is 2.88. The molecule has 424 valence electrons. The summed E-state index contributed by atoms with van der Waals surface area (Å²) in [7, 11) is 0. The molecule has 43 heteroatoms. The molecule has 4 unspecified atom stereocenters. The molecule has 0 radical (unpaired) electrons. The maximum atomic E-state index is 15.1. The molecule has 4 atom stereocenters. The zero-order chi connectivity index (χ0) is 57.9. The Bertz CT molecular complexity index is 1720. The Labute approximate surface area is 367 Å². The van der Waals surface area contributed by atoms with Crippen molar-refractivity contribution in [2.24, 2.45) is 0 Å². The second kappa shape index (κ2) is 19.2. The van der Waals surface area contributed by atoms with E-state index in [0.29, 0.717) is 10.6 Å². The van der Waals surface area contributed by atoms with E-state index in [9.17, 15) is 150 Å². The van der Waals surface area contributed by atoms with Crippen LogP contribution in [-0.2, 0) is 33.3 Å². The predicted molar refractivity (Wildman–Crippen MR) is 151 cm³/mol. The second-order valence-electron chi connectivity index (χ2n) is 14.3. The number of carbonyl (C=O) groups is 2. The molecular formula is C28H22F34N2O7. The smallest absolute Gasteiger partial charge is 0.378 e. The van der Waals surface area contributed by atoms with Gasteiger partial charge in [0.15, 0.2) is 0 Å². The van der Waals surface area contributed by atoms with Gasteiger partial charge in [-0.15, -0.1) is 0 Å². The first-order valence-corrected chi connectivity index (χ1v) is 16.8. The van der Waals surface area contributed by atoms with Crippen molar-refractivity contribution < 1.29 is 183 Å². The van der Waals surface area contributed by atoms with Crippen LogP contribution in [-0.4, -0.2) is 146 Å². The van der Waals surface area contributed by atoms with Gasteiger partial charge in [0.05, 0.1) is 13.2 Å². The minimum atomic E-state index is -8.08. The molecule has 9 nitrogen and oxygen atoms in total. The van der Waals surface area contributed by atoms with Gasteiger partial charge in [-0.25, -0.2) is 0 Å². The van der Waals surface area contributed by atoms with E-state index in [1.54, 1.807) is 0 Å². The number of nitrogens with one attached hydrogen (secondary N) is 2. The predicted octanol–water partition coefficient (Wildman–Crippen LogP) is 10.6. The van der Waals surface area contributed by atoms with Crippen molar-refractivity contribution in [3.8, 4) is 0 Å². The molecule has 0 bridgehead atoms. The molecule has 0 aliphatic carbocycles. The summed E-state index contributed by atoms with van der Waals surface area (Å²) in [6.07, 6.45) is -62.3. The lowest BCUT2D eigenvalue weighted by Crippen LogP contribution is -2.72. The van der Waals surface area contributed by atoms with Gasteiger partial charge in [0.2, 0.25) is 0 Å². The number of halogens is 34. The fraction of sp³-hybridized carbons (Fsp3) is 0.929. The molecule has 2 amide bonds. The monoisotopic (exact) mass is 1140 g/mol. The average Bonchev–Trinajstić information content (AvgIpc) is 3.10. The average molecular weight is 1140 g/mol. The Morgan fingerprint density at radius 3 is 0.732 bits per heavy atom. The number of hydrogen-bond acceptors (Lipinski definition) is 7. The lowest BCUT2D eigenvalue weighted by molar-refractivity contribution is -0.521. The van der Waals surface area contributed by atoms with Crippen LogP contribution < -0.4 is 10.6 Å². The largest absolute Gasteiger partial charge is 0.462 e. The fourth-order valence-electron chi connectivity index (χ4n) is 4.29. The van der Waals surface area contributed by atoms with Crippen molar-refractivity contribution in [1.82, 2.24) is 10.6 Å². The first kappa shape index (κ1) is 67.4. The SMILES string of the molecule is CC(C)(OC(F)(C(=O)NCCOCCNC(=O)C(F)(OC(C)(C)C(F)(F)C(F)(OC(F)(F)C(F)(F)C(F)(F)F)C(F)(F)F)C(F)(F)F)C(F)(F)F)C(F)(F)C(F)(OC(F)(F)C(F)(F)C(F)(F)F)C(F)(F)F. The molecule has 0 aliphatic rings. The first-order chi connectivity index (χ1) is 30.4. The van der Waals surface area contributed by atoms with Crippen molar-refractivity contribution in [3.63, 3.8) is 0 Å². The topological polar surface area (TPSA) is 104 Å². The maximum absolute atomic E-state index is 15.1. The van der Waals surface area contributed by atoms with E-state index in [1.807, 2.05) is 0 Å². The van der Waals surface area contributed by atoms with Gasteiger partial charge in [0.1, 0.15) is 11.2 Å². The molecule has 0 heterocycles. The number of amides is 2. The summed E-state index contributed by atoms with van der Waals surface area (Å²) in [5.41, 5.74) is -11.1. The Balaban J connectivity index is 6.41. The summed E-state index contributed by atoms with van der Waals surface area (Å²) in [5, 5.41) is 1.22. The number of carbonyl (C=O) groups excluding carboxylic acids is 2. The highest BCUT2D eigenvalue weighted by Crippen LogP contribution is 2.61. The van der Waals surface area contributed by atoms with Crippen LogP contribution in [0, 0.1) is 0 Å². The number of rotatable bonds is 22. The first-order valence-electron chi connectivity index (χ1n) is 16.8. The molecule has 0 aromatic heterocycles. The van der Waals surface area contributed by atoms with Gasteiger partial charge in [-0.2, -0.15) is 149 Å². The summed E-state index contributed by atoms with van der Waals surface area (Å²) in [4.78, 5) is 24.1. The molecular weight excluding hydrogens is 1120 g/mol. The van der Waals surface area contributed by atoms with Gasteiger partial charge in [0.25, 0.3) is 11.8 Å². The third-order valence-corrected chi connectivity index (χ3v) is 8.20. The molecule has 0 saturated carbocycles. The Hall–Kier alpha value is -3.64. The fourth-order valence-corrected chi connectivity index (χ4v) is 4.29. The van der Waals surface area contributed by atoms with E-state index in [1.165, 1.54) is 9.47 Å². The van der Waals surface area contributed by atoms with E-state index in [-0.39, 0.29) is 0 Å². The molecule has 0 aromatic rings. The van der Waals surface area contributed by atoms with E-state index < -0.39 is 173 Å². The van der Waals surface area contributed by atoms with Crippen LogP contribution in [0.25, 0.3) is 0 Å². The maximum Gasteiger partial charge on any atom is 0.462 e. The van der Waals surface area contributed by atoms with Crippen LogP contribution in [0.4, 0.5) is 149 Å². The summed E-state index contributed by atoms with van der Waals surface area (Å²) in [5.74, 6) is -68.0.